The van der Waals surface area contributed by atoms with E-state index in [0.29, 0.717) is 6.61 Å². The number of aromatic nitrogens is 1. The van der Waals surface area contributed by atoms with E-state index in [4.69, 9.17) is 15.5 Å². The van der Waals surface area contributed by atoms with Crippen LogP contribution in [0.4, 0.5) is 23.0 Å². The minimum absolute atomic E-state index is 0.651. The molecule has 1 aromatic heterocycles. The van der Waals surface area contributed by atoms with Gasteiger partial charge in [-0.3, -0.25) is 0 Å². The highest BCUT2D eigenvalue weighted by atomic mass is 16.5. The number of rotatable bonds is 14. The largest absolute Gasteiger partial charge is 0.492 e. The third kappa shape index (κ3) is 7.97. The van der Waals surface area contributed by atoms with Gasteiger partial charge in [0.2, 0.25) is 0 Å². The molecule has 1 aromatic carbocycles. The van der Waals surface area contributed by atoms with Crippen LogP contribution in [0.2, 0.25) is 0 Å². The minimum atomic E-state index is 0.651. The molecule has 6 heteroatoms. The molecule has 0 aliphatic heterocycles. The quantitative estimate of drug-likeness (QED) is 0.333. The second kappa shape index (κ2) is 13.7. The van der Waals surface area contributed by atoms with Crippen LogP contribution in [-0.2, 0) is 0 Å². The molecule has 0 saturated carbocycles. The molecule has 2 rings (SSSR count). The molecular weight excluding hydrogens is 410 g/mol. The molecule has 0 spiro atoms. The number of ether oxygens (including phenoxy) is 1. The van der Waals surface area contributed by atoms with Gasteiger partial charge in [0.25, 0.3) is 0 Å². The number of pyridine rings is 1. The van der Waals surface area contributed by atoms with Crippen LogP contribution in [0.15, 0.2) is 36.4 Å². The monoisotopic (exact) mass is 453 g/mol. The van der Waals surface area contributed by atoms with Crippen molar-refractivity contribution in [1.82, 2.24) is 9.88 Å². The van der Waals surface area contributed by atoms with E-state index >= 15 is 0 Å². The van der Waals surface area contributed by atoms with E-state index in [-0.39, 0.29) is 0 Å². The molecule has 0 bridgehead atoms. The summed E-state index contributed by atoms with van der Waals surface area (Å²) in [6.07, 6.45) is 4.21. The van der Waals surface area contributed by atoms with Crippen molar-refractivity contribution < 1.29 is 4.74 Å². The predicted molar refractivity (Wildman–Crippen MR) is 144 cm³/mol. The van der Waals surface area contributed by atoms with Gasteiger partial charge in [0.15, 0.2) is 0 Å². The zero-order valence-electron chi connectivity index (χ0n) is 21.4. The second-order valence-electron chi connectivity index (χ2n) is 8.31. The van der Waals surface area contributed by atoms with Gasteiger partial charge in [-0.25, -0.2) is 4.98 Å². The molecule has 3 N–H and O–H groups in total. The SMILES string of the molecule is C/C=C(\C)c1cc(Nc2cc(OCCN(CC)CC)cc(N(CCC)CCC)n2)ccc1N. The first kappa shape index (κ1) is 26.5. The average molecular weight is 454 g/mol. The Balaban J connectivity index is 2.34. The van der Waals surface area contributed by atoms with Gasteiger partial charge in [-0.05, 0) is 63.6 Å². The minimum Gasteiger partial charge on any atom is -0.492 e. The second-order valence-corrected chi connectivity index (χ2v) is 8.31. The number of nitrogens with one attached hydrogen (secondary N) is 1. The van der Waals surface area contributed by atoms with Gasteiger partial charge >= 0.3 is 0 Å². The number of nitrogen functional groups attached to an aromatic ring is 1. The first-order valence-electron chi connectivity index (χ1n) is 12.4. The Morgan fingerprint density at radius 2 is 1.73 bits per heavy atom. The highest BCUT2D eigenvalue weighted by Crippen LogP contribution is 2.29. The maximum absolute atomic E-state index is 6.20. The summed E-state index contributed by atoms with van der Waals surface area (Å²) < 4.78 is 6.19. The molecule has 6 nitrogen and oxygen atoms in total. The molecule has 0 aliphatic rings. The van der Waals surface area contributed by atoms with Gasteiger partial charge < -0.3 is 25.6 Å². The molecule has 0 amide bonds. The zero-order valence-corrected chi connectivity index (χ0v) is 21.4. The van der Waals surface area contributed by atoms with E-state index in [0.717, 1.165) is 85.5 Å². The molecule has 0 aliphatic carbocycles. The van der Waals surface area contributed by atoms with Crippen LogP contribution < -0.4 is 20.7 Å². The highest BCUT2D eigenvalue weighted by Gasteiger charge is 2.12. The van der Waals surface area contributed by atoms with Gasteiger partial charge in [0.05, 0.1) is 0 Å². The van der Waals surface area contributed by atoms with Crippen molar-refractivity contribution in [3.05, 3.63) is 42.0 Å². The summed E-state index contributed by atoms with van der Waals surface area (Å²) in [5.74, 6) is 2.56. The van der Waals surface area contributed by atoms with Crippen molar-refractivity contribution in [3.63, 3.8) is 0 Å². The summed E-state index contributed by atoms with van der Waals surface area (Å²) in [5.41, 5.74) is 10.1. The van der Waals surface area contributed by atoms with Crippen LogP contribution in [0, 0.1) is 0 Å². The number of nitrogens with zero attached hydrogens (tertiary/aromatic N) is 3. The Bertz CT molecular complexity index is 886. The Hall–Kier alpha value is -2.73. The number of benzene rings is 1. The number of allylic oxidation sites excluding steroid dienone is 2. The normalized spacial score (nSPS) is 11.7. The molecule has 0 saturated heterocycles. The highest BCUT2D eigenvalue weighted by molar-refractivity contribution is 5.78. The topological polar surface area (TPSA) is 66.7 Å². The maximum Gasteiger partial charge on any atom is 0.136 e. The zero-order chi connectivity index (χ0) is 24.2. The van der Waals surface area contributed by atoms with Crippen molar-refractivity contribution in [2.75, 3.05) is 55.3 Å². The summed E-state index contributed by atoms with van der Waals surface area (Å²) in [7, 11) is 0. The maximum atomic E-state index is 6.20. The molecule has 0 fully saturated rings. The van der Waals surface area contributed by atoms with Crippen molar-refractivity contribution in [1.29, 1.82) is 0 Å². The first-order chi connectivity index (χ1) is 15.9. The van der Waals surface area contributed by atoms with Gasteiger partial charge in [-0.15, -0.1) is 0 Å². The molecule has 182 valence electrons. The average Bonchev–Trinajstić information content (AvgIpc) is 2.82. The first-order valence-corrected chi connectivity index (χ1v) is 12.4. The lowest BCUT2D eigenvalue weighted by atomic mass is 10.0. The van der Waals surface area contributed by atoms with Crippen molar-refractivity contribution in [3.8, 4) is 5.75 Å². The van der Waals surface area contributed by atoms with Gasteiger partial charge in [-0.1, -0.05) is 33.8 Å². The number of hydrogen-bond donors (Lipinski definition) is 2. The Kier molecular flexibility index (Phi) is 11.0. The lowest BCUT2D eigenvalue weighted by Crippen LogP contribution is -2.28. The van der Waals surface area contributed by atoms with E-state index < -0.39 is 0 Å². The molecule has 2 aromatic rings. The van der Waals surface area contributed by atoms with Crippen LogP contribution in [-0.4, -0.2) is 49.2 Å². The van der Waals surface area contributed by atoms with E-state index in [2.05, 4.69) is 67.9 Å². The van der Waals surface area contributed by atoms with Crippen LogP contribution in [0.5, 0.6) is 5.75 Å². The Morgan fingerprint density at radius 1 is 1.03 bits per heavy atom. The lowest BCUT2D eigenvalue weighted by Gasteiger charge is -2.24. The smallest absolute Gasteiger partial charge is 0.136 e. The number of likely N-dealkylation sites (N-methyl/N-ethyl adjacent to an activating group) is 1. The standard InChI is InChI=1S/C27H43N5O/c1-7-14-32(15-8-2)27-20-23(33-17-16-31(10-4)11-5)19-26(30-27)29-22-12-13-25(28)24(18-22)21(6)9-3/h9,12-13,18-20H,7-8,10-11,14-17,28H2,1-6H3,(H,29,30)/b21-9+. The number of hydrogen-bond acceptors (Lipinski definition) is 6. The number of nitrogens with two attached hydrogens (primary N) is 1. The Morgan fingerprint density at radius 3 is 2.33 bits per heavy atom. The van der Waals surface area contributed by atoms with Crippen LogP contribution in [0.25, 0.3) is 5.57 Å². The lowest BCUT2D eigenvalue weighted by molar-refractivity contribution is 0.223. The third-order valence-electron chi connectivity index (χ3n) is 5.85. The molecule has 0 atom stereocenters. The van der Waals surface area contributed by atoms with Crippen LogP contribution >= 0.6 is 0 Å². The van der Waals surface area contributed by atoms with Crippen LogP contribution in [0.3, 0.4) is 0 Å². The summed E-state index contributed by atoms with van der Waals surface area (Å²) in [6, 6.07) is 10.1. The summed E-state index contributed by atoms with van der Waals surface area (Å²) in [4.78, 5) is 9.63. The van der Waals surface area contributed by atoms with E-state index in [1.54, 1.807) is 0 Å². The van der Waals surface area contributed by atoms with Crippen molar-refractivity contribution >= 4 is 28.6 Å². The number of anilines is 4. The molecular formula is C27H43N5O. The fraction of sp³-hybridized carbons (Fsp3) is 0.519. The van der Waals surface area contributed by atoms with Crippen molar-refractivity contribution in [2.45, 2.75) is 54.4 Å². The predicted octanol–water partition coefficient (Wildman–Crippen LogP) is 6.18. The molecule has 1 heterocycles. The Labute approximate surface area is 200 Å². The van der Waals surface area contributed by atoms with Gasteiger partial charge in [0, 0.05) is 48.7 Å². The van der Waals surface area contributed by atoms with Crippen LogP contribution in [0.1, 0.15) is 59.9 Å². The summed E-state index contributed by atoms with van der Waals surface area (Å²) >= 11 is 0. The van der Waals surface area contributed by atoms with E-state index in [9.17, 15) is 0 Å². The fourth-order valence-corrected chi connectivity index (χ4v) is 3.79. The van der Waals surface area contributed by atoms with E-state index in [1.165, 1.54) is 0 Å². The van der Waals surface area contributed by atoms with Gasteiger partial charge in [-0.2, -0.15) is 0 Å². The van der Waals surface area contributed by atoms with Crippen molar-refractivity contribution in [2.24, 2.45) is 0 Å². The summed E-state index contributed by atoms with van der Waals surface area (Å²) in [5, 5.41) is 3.48. The third-order valence-corrected chi connectivity index (χ3v) is 5.85. The van der Waals surface area contributed by atoms with E-state index in [1.807, 2.05) is 25.1 Å². The molecule has 0 radical (unpaired) electrons. The van der Waals surface area contributed by atoms with Gasteiger partial charge in [0.1, 0.15) is 24.0 Å². The molecule has 33 heavy (non-hydrogen) atoms. The fourth-order valence-electron chi connectivity index (χ4n) is 3.79. The molecule has 0 unspecified atom stereocenters. The summed E-state index contributed by atoms with van der Waals surface area (Å²) in [6.45, 7) is 18.4.